The number of nitrogens with one attached hydrogen (secondary N) is 1. The lowest BCUT2D eigenvalue weighted by molar-refractivity contribution is -0.303. The highest BCUT2D eigenvalue weighted by Gasteiger charge is 2.44. The van der Waals surface area contributed by atoms with Gasteiger partial charge >= 0.3 is 0 Å². The topological polar surface area (TPSA) is 189 Å². The summed E-state index contributed by atoms with van der Waals surface area (Å²) in [7, 11) is 0. The molecule has 9 atom stereocenters. The third-order valence-electron chi connectivity index (χ3n) is 10.5. The molecule has 318 valence electrons. The van der Waals surface area contributed by atoms with Crippen LogP contribution in [0.1, 0.15) is 174 Å². The summed E-state index contributed by atoms with van der Waals surface area (Å²) in [6, 6.07) is -1.19. The summed E-state index contributed by atoms with van der Waals surface area (Å²) in [6.45, 7) is 3.38. The van der Waals surface area contributed by atoms with Crippen LogP contribution >= 0.6 is 0 Å². The van der Waals surface area contributed by atoms with Gasteiger partial charge in [0.25, 0.3) is 0 Å². The van der Waals surface area contributed by atoms with Crippen molar-refractivity contribution in [3.8, 4) is 0 Å². The highest BCUT2D eigenvalue weighted by atomic mass is 16.7. The number of carbonyl (C=O) groups excluding carboxylic acids is 1. The second kappa shape index (κ2) is 33.7. The number of ether oxygens (including phenoxy) is 2. The van der Waals surface area contributed by atoms with E-state index in [2.05, 4.69) is 43.5 Å². The zero-order valence-corrected chi connectivity index (χ0v) is 34.0. The first-order valence-corrected chi connectivity index (χ1v) is 21.7. The number of unbranched alkanes of at least 4 members (excludes halogenated alkanes) is 19. The van der Waals surface area contributed by atoms with Crippen molar-refractivity contribution in [2.24, 2.45) is 0 Å². The maximum atomic E-state index is 13.0. The molecule has 54 heavy (non-hydrogen) atoms. The molecule has 9 unspecified atom stereocenters. The lowest BCUT2D eigenvalue weighted by Gasteiger charge is -2.40. The van der Waals surface area contributed by atoms with E-state index in [1.807, 2.05) is 0 Å². The first-order chi connectivity index (χ1) is 26.2. The first kappa shape index (κ1) is 50.6. The van der Waals surface area contributed by atoms with Crippen LogP contribution in [0.25, 0.3) is 0 Å². The number of aliphatic hydroxyl groups is 7. The van der Waals surface area contributed by atoms with Crippen LogP contribution < -0.4 is 5.32 Å². The third-order valence-corrected chi connectivity index (χ3v) is 10.5. The van der Waals surface area contributed by atoms with E-state index in [0.29, 0.717) is 12.8 Å². The van der Waals surface area contributed by atoms with E-state index in [1.54, 1.807) is 0 Å². The lowest BCUT2D eigenvalue weighted by atomic mass is 9.98. The summed E-state index contributed by atoms with van der Waals surface area (Å²) in [4.78, 5) is 13.0. The van der Waals surface area contributed by atoms with Crippen molar-refractivity contribution in [2.75, 3.05) is 13.2 Å². The Hall–Kier alpha value is -1.41. The number of amides is 1. The molecule has 0 spiro atoms. The number of hydrogen-bond acceptors (Lipinski definition) is 10. The van der Waals surface area contributed by atoms with Crippen LogP contribution in [-0.2, 0) is 14.3 Å². The SMILES string of the molecule is CCCCCCCC/C=C\CCCCC(O)C(=O)NC(COC1OC(CO)C(O)C(O)C1O)C(O)C(O)CCC/C=C/CCCCCCCCCCCC. The van der Waals surface area contributed by atoms with Crippen molar-refractivity contribution in [1.82, 2.24) is 5.32 Å². The summed E-state index contributed by atoms with van der Waals surface area (Å²) in [6.07, 6.45) is 23.8. The minimum absolute atomic E-state index is 0.224. The van der Waals surface area contributed by atoms with Crippen LogP contribution in [0.15, 0.2) is 24.3 Å². The molecule has 11 heteroatoms. The van der Waals surface area contributed by atoms with Crippen molar-refractivity contribution in [3.63, 3.8) is 0 Å². The maximum absolute atomic E-state index is 13.0. The van der Waals surface area contributed by atoms with Gasteiger partial charge < -0.3 is 50.5 Å². The summed E-state index contributed by atoms with van der Waals surface area (Å²) >= 11 is 0. The van der Waals surface area contributed by atoms with Crippen LogP contribution in [0.4, 0.5) is 0 Å². The highest BCUT2D eigenvalue weighted by molar-refractivity contribution is 5.80. The Balaban J connectivity index is 2.54. The second-order valence-electron chi connectivity index (χ2n) is 15.4. The number of aliphatic hydroxyl groups excluding tert-OH is 7. The molecular weight excluding hydrogens is 690 g/mol. The normalized spacial score (nSPS) is 22.9. The molecule has 1 aliphatic rings. The number of hydrogen-bond donors (Lipinski definition) is 8. The first-order valence-electron chi connectivity index (χ1n) is 21.7. The van der Waals surface area contributed by atoms with Gasteiger partial charge in [0.15, 0.2) is 6.29 Å². The van der Waals surface area contributed by atoms with Gasteiger partial charge in [0.1, 0.15) is 36.6 Å². The molecular formula is C43H81NO10. The predicted octanol–water partition coefficient (Wildman–Crippen LogP) is 6.28. The lowest BCUT2D eigenvalue weighted by Crippen LogP contribution is -2.60. The van der Waals surface area contributed by atoms with Gasteiger partial charge in [-0.15, -0.1) is 0 Å². The van der Waals surface area contributed by atoms with E-state index in [-0.39, 0.29) is 12.8 Å². The fourth-order valence-corrected chi connectivity index (χ4v) is 6.79. The van der Waals surface area contributed by atoms with E-state index in [4.69, 9.17) is 9.47 Å². The zero-order chi connectivity index (χ0) is 39.8. The van der Waals surface area contributed by atoms with Gasteiger partial charge in [0, 0.05) is 0 Å². The standard InChI is InChI=1S/C43H81NO10/c1-3-5-7-9-11-13-15-17-18-19-21-22-24-26-28-30-35(46)38(48)34(33-53-43-41(51)40(50)39(49)37(32-45)54-43)44-42(52)36(47)31-29-27-25-23-20-16-14-12-10-8-6-4-2/h20,22-24,34-41,43,45-51H,3-19,21,25-33H2,1-2H3,(H,44,52)/b23-20-,24-22+. The van der Waals surface area contributed by atoms with Crippen molar-refractivity contribution >= 4 is 5.91 Å². The molecule has 0 bridgehead atoms. The molecule has 0 aromatic carbocycles. The minimum atomic E-state index is -1.67. The van der Waals surface area contributed by atoms with E-state index in [0.717, 1.165) is 38.5 Å². The molecule has 0 aliphatic carbocycles. The monoisotopic (exact) mass is 772 g/mol. The minimum Gasteiger partial charge on any atom is -0.394 e. The molecule has 1 heterocycles. The maximum Gasteiger partial charge on any atom is 0.249 e. The van der Waals surface area contributed by atoms with Crippen molar-refractivity contribution in [1.29, 1.82) is 0 Å². The summed E-state index contributed by atoms with van der Waals surface area (Å²) in [5, 5.41) is 75.4. The predicted molar refractivity (Wildman–Crippen MR) is 215 cm³/mol. The van der Waals surface area contributed by atoms with Gasteiger partial charge in [0.2, 0.25) is 5.91 Å². The van der Waals surface area contributed by atoms with Gasteiger partial charge in [-0.2, -0.15) is 0 Å². The van der Waals surface area contributed by atoms with Crippen molar-refractivity contribution in [3.05, 3.63) is 24.3 Å². The second-order valence-corrected chi connectivity index (χ2v) is 15.4. The molecule has 0 aromatic heterocycles. The number of allylic oxidation sites excluding steroid dienone is 4. The largest absolute Gasteiger partial charge is 0.394 e. The fraction of sp³-hybridized carbons (Fsp3) is 0.884. The van der Waals surface area contributed by atoms with Crippen LogP contribution in [0.2, 0.25) is 0 Å². The number of rotatable bonds is 35. The number of carbonyl (C=O) groups is 1. The summed E-state index contributed by atoms with van der Waals surface area (Å²) in [5.41, 5.74) is 0. The Kier molecular flexibility index (Phi) is 31.6. The van der Waals surface area contributed by atoms with Gasteiger partial charge in [-0.1, -0.05) is 134 Å². The smallest absolute Gasteiger partial charge is 0.249 e. The fourth-order valence-electron chi connectivity index (χ4n) is 6.79. The quantitative estimate of drug-likeness (QED) is 0.0269. The van der Waals surface area contributed by atoms with Crippen molar-refractivity contribution < 1.29 is 50.0 Å². The highest BCUT2D eigenvalue weighted by Crippen LogP contribution is 2.23. The van der Waals surface area contributed by atoms with Crippen LogP contribution in [-0.4, -0.2) is 110 Å². The van der Waals surface area contributed by atoms with Crippen LogP contribution in [0.5, 0.6) is 0 Å². The zero-order valence-electron chi connectivity index (χ0n) is 34.0. The molecule has 1 aliphatic heterocycles. The Labute approximate surface area is 327 Å². The molecule has 11 nitrogen and oxygen atoms in total. The van der Waals surface area contributed by atoms with Gasteiger partial charge in [-0.05, 0) is 64.2 Å². The van der Waals surface area contributed by atoms with E-state index >= 15 is 0 Å². The van der Waals surface area contributed by atoms with Gasteiger partial charge in [-0.25, -0.2) is 0 Å². The summed E-state index contributed by atoms with van der Waals surface area (Å²) in [5.74, 6) is -0.725. The molecule has 1 rings (SSSR count). The molecule has 1 amide bonds. The molecule has 0 aromatic rings. The molecule has 8 N–H and O–H groups in total. The van der Waals surface area contributed by atoms with E-state index in [9.17, 15) is 40.5 Å². The van der Waals surface area contributed by atoms with Crippen LogP contribution in [0, 0.1) is 0 Å². The molecule has 0 radical (unpaired) electrons. The van der Waals surface area contributed by atoms with Gasteiger partial charge in [0.05, 0.1) is 25.4 Å². The average molecular weight is 772 g/mol. The van der Waals surface area contributed by atoms with E-state index < -0.39 is 74.2 Å². The van der Waals surface area contributed by atoms with Gasteiger partial charge in [-0.3, -0.25) is 4.79 Å². The molecule has 1 fully saturated rings. The van der Waals surface area contributed by atoms with E-state index in [1.165, 1.54) is 96.3 Å². The third kappa shape index (κ3) is 23.6. The Morgan fingerprint density at radius 3 is 1.59 bits per heavy atom. The van der Waals surface area contributed by atoms with Crippen LogP contribution in [0.3, 0.4) is 0 Å². The molecule has 0 saturated carbocycles. The Bertz CT molecular complexity index is 934. The Morgan fingerprint density at radius 1 is 0.630 bits per heavy atom. The Morgan fingerprint density at radius 2 is 1.09 bits per heavy atom. The summed E-state index contributed by atoms with van der Waals surface area (Å²) < 4.78 is 11.0. The average Bonchev–Trinajstić information content (AvgIpc) is 3.17. The molecule has 1 saturated heterocycles. The van der Waals surface area contributed by atoms with Crippen molar-refractivity contribution in [2.45, 2.75) is 229 Å².